The van der Waals surface area contributed by atoms with Crippen LogP contribution in [0.15, 0.2) is 30.3 Å². The van der Waals surface area contributed by atoms with Crippen molar-refractivity contribution >= 4 is 30.7 Å². The Morgan fingerprint density at radius 2 is 1.85 bits per heavy atom. The van der Waals surface area contributed by atoms with Crippen LogP contribution in [0.1, 0.15) is 25.3 Å². The quantitative estimate of drug-likeness (QED) is 0.726. The molecule has 0 aromatic heterocycles. The summed E-state index contributed by atoms with van der Waals surface area (Å²) in [7, 11) is 1.86. The normalized spacial score (nSPS) is 17.5. The average Bonchev–Trinajstić information content (AvgIpc) is 2.56. The average molecular weight is 406 g/mol. The van der Waals surface area contributed by atoms with Gasteiger partial charge in [0.1, 0.15) is 0 Å². The topological polar surface area (TPSA) is 69.8 Å². The van der Waals surface area contributed by atoms with Crippen LogP contribution in [0, 0.1) is 5.92 Å². The number of nitrogens with zero attached hydrogens (tertiary/aromatic N) is 2. The van der Waals surface area contributed by atoms with Crippen molar-refractivity contribution in [3.05, 3.63) is 35.9 Å². The number of carbonyl (C=O) groups is 1. The molecule has 1 heterocycles. The SMILES string of the molecule is CC(O)CN1CCC(CN(C)C(=O)C(N)Cc2ccccc2)CC1.Cl.Cl. The zero-order valence-corrected chi connectivity index (χ0v) is 17.3. The number of rotatable bonds is 7. The Morgan fingerprint density at radius 1 is 1.27 bits per heavy atom. The van der Waals surface area contributed by atoms with Crippen molar-refractivity contribution in [1.82, 2.24) is 9.80 Å². The number of benzene rings is 1. The summed E-state index contributed by atoms with van der Waals surface area (Å²) in [6.45, 7) is 5.32. The van der Waals surface area contributed by atoms with E-state index in [-0.39, 0.29) is 36.8 Å². The number of β-amino-alcohol motifs (C(OH)–C–C–N with tert-alkyl or cyclic N) is 1. The second kappa shape index (κ2) is 12.5. The summed E-state index contributed by atoms with van der Waals surface area (Å²) in [5.74, 6) is 0.540. The molecule has 1 saturated heterocycles. The third kappa shape index (κ3) is 8.23. The third-order valence-electron chi connectivity index (χ3n) is 4.75. The Morgan fingerprint density at radius 3 is 2.38 bits per heavy atom. The summed E-state index contributed by atoms with van der Waals surface area (Å²) in [6.07, 6.45) is 2.44. The molecule has 0 aliphatic carbocycles. The molecule has 1 amide bonds. The maximum Gasteiger partial charge on any atom is 0.239 e. The van der Waals surface area contributed by atoms with Crippen molar-refractivity contribution < 1.29 is 9.90 Å². The van der Waals surface area contributed by atoms with Gasteiger partial charge in [-0.05, 0) is 50.8 Å². The summed E-state index contributed by atoms with van der Waals surface area (Å²) in [6, 6.07) is 9.44. The van der Waals surface area contributed by atoms with E-state index in [0.717, 1.165) is 44.6 Å². The van der Waals surface area contributed by atoms with Gasteiger partial charge in [0.2, 0.25) is 5.91 Å². The van der Waals surface area contributed by atoms with E-state index >= 15 is 0 Å². The van der Waals surface area contributed by atoms with E-state index in [0.29, 0.717) is 12.3 Å². The lowest BCUT2D eigenvalue weighted by Crippen LogP contribution is -2.46. The largest absolute Gasteiger partial charge is 0.392 e. The van der Waals surface area contributed by atoms with Gasteiger partial charge in [0, 0.05) is 20.1 Å². The first-order valence-corrected chi connectivity index (χ1v) is 8.90. The Hall–Kier alpha value is -0.850. The molecule has 2 rings (SSSR count). The molecular weight excluding hydrogens is 373 g/mol. The fraction of sp³-hybridized carbons (Fsp3) is 0.632. The maximum atomic E-state index is 12.5. The minimum absolute atomic E-state index is 0. The smallest absolute Gasteiger partial charge is 0.239 e. The molecule has 5 nitrogen and oxygen atoms in total. The third-order valence-corrected chi connectivity index (χ3v) is 4.75. The summed E-state index contributed by atoms with van der Waals surface area (Å²) in [4.78, 5) is 16.6. The first-order valence-electron chi connectivity index (χ1n) is 8.90. The van der Waals surface area contributed by atoms with Crippen molar-refractivity contribution in [2.75, 3.05) is 33.2 Å². The predicted octanol–water partition coefficient (Wildman–Crippen LogP) is 1.95. The summed E-state index contributed by atoms with van der Waals surface area (Å²) >= 11 is 0. The number of carbonyl (C=O) groups excluding carboxylic acids is 1. The van der Waals surface area contributed by atoms with Crippen molar-refractivity contribution in [2.45, 2.75) is 38.3 Å². The number of amides is 1. The standard InChI is InChI=1S/C19H31N3O2.2ClH/c1-15(23)13-22-10-8-17(9-11-22)14-21(2)19(24)18(20)12-16-6-4-3-5-7-16;;/h3-7,15,17-18,23H,8-14,20H2,1-2H3;2*1H. The number of aliphatic hydroxyl groups is 1. The van der Waals surface area contributed by atoms with Gasteiger partial charge in [0.05, 0.1) is 12.1 Å². The van der Waals surface area contributed by atoms with E-state index in [9.17, 15) is 9.90 Å². The Balaban J connectivity index is 0.00000312. The van der Waals surface area contributed by atoms with Crippen LogP contribution < -0.4 is 5.73 Å². The molecule has 7 heteroatoms. The molecule has 1 aromatic rings. The molecule has 1 aliphatic heterocycles. The van der Waals surface area contributed by atoms with Crippen LogP contribution >= 0.6 is 24.8 Å². The lowest BCUT2D eigenvalue weighted by atomic mass is 9.95. The number of hydrogen-bond acceptors (Lipinski definition) is 4. The van der Waals surface area contributed by atoms with Gasteiger partial charge in [-0.25, -0.2) is 0 Å². The number of piperidine rings is 1. The molecule has 1 fully saturated rings. The van der Waals surface area contributed by atoms with Gasteiger partial charge in [0.25, 0.3) is 0 Å². The fourth-order valence-corrected chi connectivity index (χ4v) is 3.44. The molecule has 0 saturated carbocycles. The Bertz CT molecular complexity index is 509. The van der Waals surface area contributed by atoms with E-state index < -0.39 is 6.04 Å². The molecular formula is C19H33Cl2N3O2. The Labute approximate surface area is 169 Å². The van der Waals surface area contributed by atoms with Crippen molar-refractivity contribution in [2.24, 2.45) is 11.7 Å². The zero-order valence-electron chi connectivity index (χ0n) is 15.7. The highest BCUT2D eigenvalue weighted by atomic mass is 35.5. The number of hydrogen-bond donors (Lipinski definition) is 2. The molecule has 1 aliphatic rings. The number of aliphatic hydroxyl groups excluding tert-OH is 1. The van der Waals surface area contributed by atoms with Crippen molar-refractivity contribution in [3.63, 3.8) is 0 Å². The molecule has 0 bridgehead atoms. The van der Waals surface area contributed by atoms with E-state index in [1.54, 1.807) is 4.90 Å². The van der Waals surface area contributed by atoms with E-state index in [4.69, 9.17) is 5.73 Å². The highest BCUT2D eigenvalue weighted by Gasteiger charge is 2.24. The molecule has 150 valence electrons. The van der Waals surface area contributed by atoms with Crippen LogP contribution in [-0.2, 0) is 11.2 Å². The van der Waals surface area contributed by atoms with E-state index in [2.05, 4.69) is 4.90 Å². The minimum atomic E-state index is -0.479. The monoisotopic (exact) mass is 405 g/mol. The highest BCUT2D eigenvalue weighted by molar-refractivity contribution is 5.85. The molecule has 1 aromatic carbocycles. The van der Waals surface area contributed by atoms with Crippen LogP contribution in [0.5, 0.6) is 0 Å². The molecule has 0 spiro atoms. The molecule has 0 radical (unpaired) electrons. The number of likely N-dealkylation sites (tertiary alicyclic amines) is 1. The number of likely N-dealkylation sites (N-methyl/N-ethyl adjacent to an activating group) is 1. The van der Waals surface area contributed by atoms with Crippen molar-refractivity contribution in [3.8, 4) is 0 Å². The van der Waals surface area contributed by atoms with E-state index in [1.165, 1.54) is 0 Å². The van der Waals surface area contributed by atoms with Gasteiger partial charge < -0.3 is 20.6 Å². The number of nitrogens with two attached hydrogens (primary N) is 1. The first-order chi connectivity index (χ1) is 11.5. The summed E-state index contributed by atoms with van der Waals surface area (Å²) in [5.41, 5.74) is 7.20. The lowest BCUT2D eigenvalue weighted by molar-refractivity contribution is -0.132. The number of halogens is 2. The van der Waals surface area contributed by atoms with Gasteiger partial charge >= 0.3 is 0 Å². The zero-order chi connectivity index (χ0) is 17.5. The van der Waals surface area contributed by atoms with Crippen LogP contribution in [-0.4, -0.2) is 66.2 Å². The summed E-state index contributed by atoms with van der Waals surface area (Å²) < 4.78 is 0. The molecule has 2 atom stereocenters. The van der Waals surface area contributed by atoms with E-state index in [1.807, 2.05) is 44.3 Å². The van der Waals surface area contributed by atoms with Crippen LogP contribution in [0.25, 0.3) is 0 Å². The minimum Gasteiger partial charge on any atom is -0.392 e. The second-order valence-corrected chi connectivity index (χ2v) is 7.11. The van der Waals surface area contributed by atoms with Gasteiger partial charge in [-0.1, -0.05) is 30.3 Å². The van der Waals surface area contributed by atoms with Crippen LogP contribution in [0.2, 0.25) is 0 Å². The molecule has 2 unspecified atom stereocenters. The van der Waals surface area contributed by atoms with Crippen LogP contribution in [0.4, 0.5) is 0 Å². The van der Waals surface area contributed by atoms with Gasteiger partial charge in [0.15, 0.2) is 0 Å². The van der Waals surface area contributed by atoms with Crippen LogP contribution in [0.3, 0.4) is 0 Å². The molecule has 26 heavy (non-hydrogen) atoms. The predicted molar refractivity (Wildman–Crippen MR) is 111 cm³/mol. The fourth-order valence-electron chi connectivity index (χ4n) is 3.44. The van der Waals surface area contributed by atoms with Gasteiger partial charge in [-0.15, -0.1) is 24.8 Å². The highest BCUT2D eigenvalue weighted by Crippen LogP contribution is 2.18. The lowest BCUT2D eigenvalue weighted by Gasteiger charge is -2.34. The summed E-state index contributed by atoms with van der Waals surface area (Å²) in [5, 5.41) is 9.46. The van der Waals surface area contributed by atoms with Gasteiger partial charge in [-0.3, -0.25) is 4.79 Å². The maximum absolute atomic E-state index is 12.5. The first kappa shape index (κ1) is 25.1. The van der Waals surface area contributed by atoms with Crippen molar-refractivity contribution in [1.29, 1.82) is 0 Å². The Kier molecular flexibility index (Phi) is 12.1. The van der Waals surface area contributed by atoms with Gasteiger partial charge in [-0.2, -0.15) is 0 Å². The molecule has 3 N–H and O–H groups in total. The second-order valence-electron chi connectivity index (χ2n) is 7.11.